The Bertz CT molecular complexity index is 449. The lowest BCUT2D eigenvalue weighted by Crippen LogP contribution is -2.45. The van der Waals surface area contributed by atoms with Gasteiger partial charge in [-0.2, -0.15) is 5.10 Å². The zero-order valence-corrected chi connectivity index (χ0v) is 15.6. The maximum absolute atomic E-state index is 4.80. The Morgan fingerprint density at radius 3 is 2.73 bits per heavy atom. The van der Waals surface area contributed by atoms with Gasteiger partial charge in [-0.1, -0.05) is 12.8 Å². The summed E-state index contributed by atoms with van der Waals surface area (Å²) in [5.41, 5.74) is 0. The molecule has 0 unspecified atom stereocenters. The number of nitrogens with zero attached hydrogens (tertiary/aromatic N) is 4. The molecule has 7 heteroatoms. The minimum atomic E-state index is 0. The number of aromatic nitrogens is 3. The fraction of sp³-hybridized carbons (Fsp3) is 0.800. The van der Waals surface area contributed by atoms with Crippen molar-refractivity contribution in [1.29, 1.82) is 0 Å². The van der Waals surface area contributed by atoms with Gasteiger partial charge in [0.25, 0.3) is 0 Å². The molecule has 1 saturated carbocycles. The zero-order chi connectivity index (χ0) is 14.5. The Morgan fingerprint density at radius 2 is 2.14 bits per heavy atom. The van der Waals surface area contributed by atoms with Gasteiger partial charge in [-0.3, -0.25) is 10.1 Å². The van der Waals surface area contributed by atoms with Crippen molar-refractivity contribution in [2.24, 2.45) is 10.9 Å². The van der Waals surface area contributed by atoms with Crippen molar-refractivity contribution in [3.8, 4) is 0 Å². The van der Waals surface area contributed by atoms with E-state index in [1.165, 1.54) is 19.3 Å². The second-order valence-electron chi connectivity index (χ2n) is 6.10. The molecule has 2 aliphatic rings. The number of hydrogen-bond donors (Lipinski definition) is 2. The van der Waals surface area contributed by atoms with Crippen LogP contribution in [-0.2, 0) is 0 Å². The highest BCUT2D eigenvalue weighted by atomic mass is 127. The molecule has 2 fully saturated rings. The van der Waals surface area contributed by atoms with Gasteiger partial charge in [-0.15, -0.1) is 24.0 Å². The summed E-state index contributed by atoms with van der Waals surface area (Å²) in [6, 6.07) is 0. The summed E-state index contributed by atoms with van der Waals surface area (Å²) in [5, 5.41) is 10.4. The lowest BCUT2D eigenvalue weighted by molar-refractivity contribution is 0.299. The van der Waals surface area contributed by atoms with Crippen LogP contribution in [-0.4, -0.2) is 52.2 Å². The number of nitrogens with one attached hydrogen (secondary N) is 2. The summed E-state index contributed by atoms with van der Waals surface area (Å²) in [6.45, 7) is 6.12. The van der Waals surface area contributed by atoms with E-state index in [0.29, 0.717) is 5.92 Å². The normalized spacial score (nSPS) is 19.9. The highest BCUT2D eigenvalue weighted by Crippen LogP contribution is 2.32. The molecule has 3 rings (SSSR count). The summed E-state index contributed by atoms with van der Waals surface area (Å²) < 4.78 is 0. The molecule has 1 aromatic heterocycles. The van der Waals surface area contributed by atoms with Crippen LogP contribution in [0.3, 0.4) is 0 Å². The third kappa shape index (κ3) is 4.82. The summed E-state index contributed by atoms with van der Waals surface area (Å²) in [4.78, 5) is 11.5. The maximum atomic E-state index is 4.80. The first-order valence-electron chi connectivity index (χ1n) is 8.25. The molecule has 1 aromatic rings. The molecule has 2 heterocycles. The molecule has 124 valence electrons. The Morgan fingerprint density at radius 1 is 1.36 bits per heavy atom. The molecular weight excluding hydrogens is 391 g/mol. The molecule has 0 spiro atoms. The number of hydrogen-bond acceptors (Lipinski definition) is 3. The number of H-pyrrole nitrogens is 1. The quantitative estimate of drug-likeness (QED) is 0.438. The molecule has 0 bridgehead atoms. The first-order valence-corrected chi connectivity index (χ1v) is 8.25. The SMILES string of the molecule is CCNC(=NCCC1CC1)N1CCC(c2ncn[nH]2)CC1.I. The molecule has 1 saturated heterocycles. The van der Waals surface area contributed by atoms with Crippen molar-refractivity contribution in [2.75, 3.05) is 26.2 Å². The van der Waals surface area contributed by atoms with E-state index < -0.39 is 0 Å². The van der Waals surface area contributed by atoms with Gasteiger partial charge in [0.15, 0.2) is 5.96 Å². The minimum absolute atomic E-state index is 0. The molecule has 1 aliphatic heterocycles. The molecule has 0 amide bonds. The Labute approximate surface area is 149 Å². The Kier molecular flexibility index (Phi) is 6.91. The van der Waals surface area contributed by atoms with Crippen LogP contribution >= 0.6 is 24.0 Å². The number of likely N-dealkylation sites (tertiary alicyclic amines) is 1. The fourth-order valence-electron chi connectivity index (χ4n) is 2.96. The second-order valence-corrected chi connectivity index (χ2v) is 6.10. The monoisotopic (exact) mass is 418 g/mol. The highest BCUT2D eigenvalue weighted by Gasteiger charge is 2.24. The van der Waals surface area contributed by atoms with Crippen molar-refractivity contribution in [2.45, 2.75) is 44.9 Å². The number of piperidine rings is 1. The van der Waals surface area contributed by atoms with Crippen molar-refractivity contribution in [1.82, 2.24) is 25.4 Å². The number of guanidine groups is 1. The van der Waals surface area contributed by atoms with E-state index in [0.717, 1.165) is 56.7 Å². The number of aliphatic imine (C=N–C) groups is 1. The van der Waals surface area contributed by atoms with Crippen molar-refractivity contribution >= 4 is 29.9 Å². The molecular formula is C15H27IN6. The first-order chi connectivity index (χ1) is 10.4. The molecule has 0 aromatic carbocycles. The van der Waals surface area contributed by atoms with Gasteiger partial charge in [-0.05, 0) is 32.1 Å². The average Bonchev–Trinajstić information content (AvgIpc) is 3.17. The third-order valence-electron chi connectivity index (χ3n) is 4.45. The van der Waals surface area contributed by atoms with Gasteiger partial charge >= 0.3 is 0 Å². The van der Waals surface area contributed by atoms with Gasteiger partial charge in [0.05, 0.1) is 0 Å². The van der Waals surface area contributed by atoms with Crippen molar-refractivity contribution < 1.29 is 0 Å². The predicted molar refractivity (Wildman–Crippen MR) is 98.7 cm³/mol. The van der Waals surface area contributed by atoms with Crippen LogP contribution in [0.4, 0.5) is 0 Å². The van der Waals surface area contributed by atoms with Gasteiger partial charge < -0.3 is 10.2 Å². The highest BCUT2D eigenvalue weighted by molar-refractivity contribution is 14.0. The lowest BCUT2D eigenvalue weighted by Gasteiger charge is -2.33. The molecule has 6 nitrogen and oxygen atoms in total. The van der Waals surface area contributed by atoms with Gasteiger partial charge in [0.2, 0.25) is 0 Å². The summed E-state index contributed by atoms with van der Waals surface area (Å²) in [5.74, 6) is 3.59. The smallest absolute Gasteiger partial charge is 0.193 e. The van der Waals surface area contributed by atoms with E-state index in [9.17, 15) is 0 Å². The molecule has 0 radical (unpaired) electrons. The number of rotatable bonds is 5. The topological polar surface area (TPSA) is 69.2 Å². The summed E-state index contributed by atoms with van der Waals surface area (Å²) in [7, 11) is 0. The maximum Gasteiger partial charge on any atom is 0.193 e. The summed E-state index contributed by atoms with van der Waals surface area (Å²) in [6.07, 6.45) is 7.91. The van der Waals surface area contributed by atoms with Crippen LogP contribution < -0.4 is 5.32 Å². The zero-order valence-electron chi connectivity index (χ0n) is 13.3. The molecule has 2 N–H and O–H groups in total. The second kappa shape index (κ2) is 8.69. The van der Waals surface area contributed by atoms with Crippen LogP contribution in [0.15, 0.2) is 11.3 Å². The summed E-state index contributed by atoms with van der Waals surface area (Å²) >= 11 is 0. The minimum Gasteiger partial charge on any atom is -0.357 e. The molecule has 22 heavy (non-hydrogen) atoms. The number of aromatic amines is 1. The van der Waals surface area contributed by atoms with E-state index in [2.05, 4.69) is 32.3 Å². The number of halogens is 1. The van der Waals surface area contributed by atoms with Crippen LogP contribution in [0, 0.1) is 5.92 Å². The van der Waals surface area contributed by atoms with E-state index in [-0.39, 0.29) is 24.0 Å². The van der Waals surface area contributed by atoms with E-state index in [1.807, 2.05) is 0 Å². The van der Waals surface area contributed by atoms with Crippen LogP contribution in [0.5, 0.6) is 0 Å². The van der Waals surface area contributed by atoms with E-state index >= 15 is 0 Å². The molecule has 0 atom stereocenters. The van der Waals surface area contributed by atoms with Crippen LogP contribution in [0.2, 0.25) is 0 Å². The van der Waals surface area contributed by atoms with E-state index in [4.69, 9.17) is 4.99 Å². The van der Waals surface area contributed by atoms with E-state index in [1.54, 1.807) is 6.33 Å². The van der Waals surface area contributed by atoms with Gasteiger partial charge in [-0.25, -0.2) is 4.98 Å². The van der Waals surface area contributed by atoms with Gasteiger partial charge in [0, 0.05) is 32.1 Å². The molecule has 1 aliphatic carbocycles. The van der Waals surface area contributed by atoms with Crippen molar-refractivity contribution in [3.63, 3.8) is 0 Å². The predicted octanol–water partition coefficient (Wildman–Crippen LogP) is 2.37. The Hall–Kier alpha value is -0.860. The first kappa shape index (κ1) is 17.5. The standard InChI is InChI=1S/C15H26N6.HI/c1-2-16-15(17-8-5-12-3-4-12)21-9-6-13(7-10-21)14-18-11-19-20-14;/h11-13H,2-10H2,1H3,(H,16,17)(H,18,19,20);1H. The van der Waals surface area contributed by atoms with Crippen LogP contribution in [0.1, 0.15) is 50.8 Å². The third-order valence-corrected chi connectivity index (χ3v) is 4.45. The Balaban J connectivity index is 0.00000176. The van der Waals surface area contributed by atoms with Gasteiger partial charge in [0.1, 0.15) is 12.2 Å². The van der Waals surface area contributed by atoms with Crippen LogP contribution in [0.25, 0.3) is 0 Å². The lowest BCUT2D eigenvalue weighted by atomic mass is 9.96. The largest absolute Gasteiger partial charge is 0.357 e. The average molecular weight is 418 g/mol. The van der Waals surface area contributed by atoms with Crippen molar-refractivity contribution in [3.05, 3.63) is 12.2 Å². The fourth-order valence-corrected chi connectivity index (χ4v) is 2.96.